The number of aliphatic carboxylic acids is 1. The van der Waals surface area contributed by atoms with Crippen LogP contribution in [0.25, 0.3) is 0 Å². The number of hydrogen-bond donors (Lipinski definition) is 2. The maximum absolute atomic E-state index is 12.9. The molecular weight excluding hydrogens is 370 g/mol. The molecule has 11 heteroatoms. The van der Waals surface area contributed by atoms with Gasteiger partial charge in [-0.2, -0.15) is 26.3 Å². The summed E-state index contributed by atoms with van der Waals surface area (Å²) in [5, 5.41) is 11.1. The molecule has 1 aromatic carbocycles. The molecule has 1 amide bonds. The highest BCUT2D eigenvalue weighted by Gasteiger charge is 2.52. The van der Waals surface area contributed by atoms with Crippen LogP contribution in [0.4, 0.5) is 32.0 Å². The van der Waals surface area contributed by atoms with Crippen LogP contribution < -0.4 is 5.32 Å². The fourth-order valence-electron chi connectivity index (χ4n) is 2.77. The van der Waals surface area contributed by atoms with Crippen LogP contribution in [0.5, 0.6) is 0 Å². The lowest BCUT2D eigenvalue weighted by Gasteiger charge is -2.18. The molecule has 1 aliphatic rings. The lowest BCUT2D eigenvalue weighted by Crippen LogP contribution is -2.34. The molecule has 0 radical (unpaired) electrons. The molecule has 1 heterocycles. The molecule has 1 aliphatic heterocycles. The smallest absolute Gasteiger partial charge is 0.416 e. The van der Waals surface area contributed by atoms with Crippen molar-refractivity contribution < 1.29 is 41.0 Å². The van der Waals surface area contributed by atoms with Gasteiger partial charge in [0.15, 0.2) is 0 Å². The van der Waals surface area contributed by atoms with Crippen molar-refractivity contribution in [1.29, 1.82) is 0 Å². The van der Waals surface area contributed by atoms with Crippen LogP contribution in [0.15, 0.2) is 24.3 Å². The van der Waals surface area contributed by atoms with E-state index in [1.807, 2.05) is 0 Å². The van der Waals surface area contributed by atoms with E-state index in [1.54, 1.807) is 0 Å². The van der Waals surface area contributed by atoms with Gasteiger partial charge in [0.1, 0.15) is 0 Å². The highest BCUT2D eigenvalue weighted by molar-refractivity contribution is 5.92. The summed E-state index contributed by atoms with van der Waals surface area (Å²) in [4.78, 5) is 23.9. The van der Waals surface area contributed by atoms with Gasteiger partial charge in [-0.1, -0.05) is 6.07 Å². The number of hydrogen-bond acceptors (Lipinski definition) is 3. The maximum atomic E-state index is 12.9. The summed E-state index contributed by atoms with van der Waals surface area (Å²) in [6, 6.07) is 3.78. The third-order valence-corrected chi connectivity index (χ3v) is 3.97. The lowest BCUT2D eigenvalue weighted by molar-refractivity contribution is -0.188. The summed E-state index contributed by atoms with van der Waals surface area (Å²) in [6.07, 6.45) is -9.33. The standard InChI is InChI=1S/C15H14F6N2O3/c16-14(17,18)8-2-1-3-9(4-8)22-12(24)7-23-5-10(13(25)26)11(6-23)15(19,20)21/h1-4,10-11H,5-7H2,(H,22,24)(H,25,26)/t10-,11-/m1/s1. The molecule has 5 nitrogen and oxygen atoms in total. The fraction of sp³-hybridized carbons (Fsp3) is 0.467. The summed E-state index contributed by atoms with van der Waals surface area (Å²) in [5.41, 5.74) is -1.15. The minimum atomic E-state index is -4.73. The number of halogens is 6. The van der Waals surface area contributed by atoms with Crippen LogP contribution in [-0.2, 0) is 15.8 Å². The molecule has 0 saturated carbocycles. The van der Waals surface area contributed by atoms with Gasteiger partial charge in [-0.25, -0.2) is 0 Å². The Labute approximate surface area is 143 Å². The van der Waals surface area contributed by atoms with E-state index in [1.165, 1.54) is 6.07 Å². The normalized spacial score (nSPS) is 21.6. The van der Waals surface area contributed by atoms with Crippen molar-refractivity contribution in [2.24, 2.45) is 11.8 Å². The van der Waals surface area contributed by atoms with Crippen LogP contribution >= 0.6 is 0 Å². The number of rotatable bonds is 4. The number of nitrogens with one attached hydrogen (secondary N) is 1. The van der Waals surface area contributed by atoms with E-state index in [-0.39, 0.29) is 5.69 Å². The number of alkyl halides is 6. The summed E-state index contributed by atoms with van der Waals surface area (Å²) >= 11 is 0. The van der Waals surface area contributed by atoms with Gasteiger partial charge in [-0.3, -0.25) is 14.5 Å². The fourth-order valence-corrected chi connectivity index (χ4v) is 2.77. The molecule has 0 aliphatic carbocycles. The van der Waals surface area contributed by atoms with Gasteiger partial charge in [0.05, 0.1) is 23.9 Å². The first-order chi connectivity index (χ1) is 11.9. The van der Waals surface area contributed by atoms with Crippen LogP contribution in [0.1, 0.15) is 5.56 Å². The van der Waals surface area contributed by atoms with Crippen molar-refractivity contribution in [3.63, 3.8) is 0 Å². The molecule has 0 spiro atoms. The van der Waals surface area contributed by atoms with Gasteiger partial charge in [-0.15, -0.1) is 0 Å². The summed E-state index contributed by atoms with van der Waals surface area (Å²) in [6.45, 7) is -1.71. The van der Waals surface area contributed by atoms with Gasteiger partial charge in [0.2, 0.25) is 5.91 Å². The van der Waals surface area contributed by atoms with Gasteiger partial charge in [-0.05, 0) is 18.2 Å². The number of amides is 1. The molecule has 1 saturated heterocycles. The Kier molecular flexibility index (Phi) is 5.49. The van der Waals surface area contributed by atoms with Gasteiger partial charge < -0.3 is 10.4 Å². The molecule has 26 heavy (non-hydrogen) atoms. The summed E-state index contributed by atoms with van der Waals surface area (Å²) in [5.74, 6) is -6.26. The first-order valence-corrected chi connectivity index (χ1v) is 7.37. The second-order valence-corrected chi connectivity index (χ2v) is 5.91. The minimum Gasteiger partial charge on any atom is -0.481 e. The van der Waals surface area contributed by atoms with Crippen LogP contribution in [0.2, 0.25) is 0 Å². The number of carbonyl (C=O) groups excluding carboxylic acids is 1. The summed E-state index contributed by atoms with van der Waals surface area (Å²) in [7, 11) is 0. The van der Waals surface area contributed by atoms with Gasteiger partial charge >= 0.3 is 18.3 Å². The number of carboxylic acid groups (broad SMARTS) is 1. The van der Waals surface area contributed by atoms with Crippen molar-refractivity contribution in [2.75, 3.05) is 25.0 Å². The number of anilines is 1. The molecule has 144 valence electrons. The predicted molar refractivity (Wildman–Crippen MR) is 77.2 cm³/mol. The number of carbonyl (C=O) groups is 2. The van der Waals surface area contributed by atoms with Crippen molar-refractivity contribution in [3.05, 3.63) is 29.8 Å². The second kappa shape index (κ2) is 7.14. The number of nitrogens with zero attached hydrogens (tertiary/aromatic N) is 1. The van der Waals surface area contributed by atoms with E-state index >= 15 is 0 Å². The quantitative estimate of drug-likeness (QED) is 0.784. The first-order valence-electron chi connectivity index (χ1n) is 7.37. The number of carboxylic acids is 1. The molecule has 2 rings (SSSR count). The van der Waals surface area contributed by atoms with Crippen molar-refractivity contribution in [2.45, 2.75) is 12.4 Å². The molecule has 2 N–H and O–H groups in total. The van der Waals surface area contributed by atoms with Gasteiger partial charge in [0, 0.05) is 18.8 Å². The zero-order valence-corrected chi connectivity index (χ0v) is 13.1. The largest absolute Gasteiger partial charge is 0.481 e. The Morgan fingerprint density at radius 1 is 1.15 bits per heavy atom. The van der Waals surface area contributed by atoms with E-state index < -0.39 is 61.3 Å². The van der Waals surface area contributed by atoms with E-state index in [4.69, 9.17) is 5.11 Å². The molecule has 0 aromatic heterocycles. The molecule has 2 atom stereocenters. The second-order valence-electron chi connectivity index (χ2n) is 5.91. The maximum Gasteiger partial charge on any atom is 0.416 e. The zero-order chi connectivity index (χ0) is 19.7. The van der Waals surface area contributed by atoms with Crippen LogP contribution in [0.3, 0.4) is 0 Å². The Bertz CT molecular complexity index is 689. The minimum absolute atomic E-state index is 0.161. The average Bonchev–Trinajstić information content (AvgIpc) is 2.90. The third-order valence-electron chi connectivity index (χ3n) is 3.97. The molecule has 0 bridgehead atoms. The Balaban J connectivity index is 2.01. The topological polar surface area (TPSA) is 69.6 Å². The molecule has 0 unspecified atom stereocenters. The predicted octanol–water partition coefficient (Wildman–Crippen LogP) is 2.84. The Morgan fingerprint density at radius 3 is 2.31 bits per heavy atom. The highest BCUT2D eigenvalue weighted by Crippen LogP contribution is 2.37. The van der Waals surface area contributed by atoms with Crippen LogP contribution in [-0.4, -0.2) is 47.7 Å². The number of benzene rings is 1. The Hall–Kier alpha value is -2.30. The van der Waals surface area contributed by atoms with E-state index in [2.05, 4.69) is 5.32 Å². The Morgan fingerprint density at radius 2 is 1.81 bits per heavy atom. The van der Waals surface area contributed by atoms with E-state index in [0.717, 1.165) is 17.0 Å². The first kappa shape index (κ1) is 20.0. The van der Waals surface area contributed by atoms with Crippen molar-refractivity contribution in [3.8, 4) is 0 Å². The van der Waals surface area contributed by atoms with E-state index in [0.29, 0.717) is 6.07 Å². The lowest BCUT2D eigenvalue weighted by atomic mass is 9.96. The van der Waals surface area contributed by atoms with Gasteiger partial charge in [0.25, 0.3) is 0 Å². The average molecular weight is 384 g/mol. The monoisotopic (exact) mass is 384 g/mol. The zero-order valence-electron chi connectivity index (χ0n) is 13.1. The number of likely N-dealkylation sites (tertiary alicyclic amines) is 1. The highest BCUT2D eigenvalue weighted by atomic mass is 19.4. The third kappa shape index (κ3) is 4.87. The SMILES string of the molecule is O=C(CN1C[C@@H](C(F)(F)F)[C@H](C(=O)O)C1)Nc1cccc(C(F)(F)F)c1. The van der Waals surface area contributed by atoms with E-state index in [9.17, 15) is 35.9 Å². The van der Waals surface area contributed by atoms with Crippen molar-refractivity contribution in [1.82, 2.24) is 4.90 Å². The van der Waals surface area contributed by atoms with Crippen LogP contribution in [0, 0.1) is 11.8 Å². The van der Waals surface area contributed by atoms with Crippen molar-refractivity contribution >= 4 is 17.6 Å². The molecule has 1 aromatic rings. The molecule has 1 fully saturated rings. The summed E-state index contributed by atoms with van der Waals surface area (Å²) < 4.78 is 76.5. The molecular formula is C15H14F6N2O3.